The van der Waals surface area contributed by atoms with Crippen molar-refractivity contribution in [3.63, 3.8) is 0 Å². The molecule has 1 aromatic heterocycles. The van der Waals surface area contributed by atoms with Gasteiger partial charge in [-0.25, -0.2) is 9.78 Å². The van der Waals surface area contributed by atoms with Crippen LogP contribution in [0.5, 0.6) is 0 Å². The Balaban J connectivity index is 3.46. The number of nitrogens with one attached hydrogen (secondary N) is 11. The van der Waals surface area contributed by atoms with Crippen LogP contribution < -0.4 is 70.4 Å². The number of thioether (sulfide) groups is 1. The minimum absolute atomic E-state index is 0.0117. The van der Waals surface area contributed by atoms with Crippen LogP contribution in [0.4, 0.5) is 0 Å². The number of amides is 10. The van der Waals surface area contributed by atoms with E-state index >= 15 is 0 Å². The van der Waals surface area contributed by atoms with Gasteiger partial charge in [0.15, 0.2) is 5.96 Å². The van der Waals surface area contributed by atoms with Crippen molar-refractivity contribution in [2.75, 3.05) is 38.4 Å². The molecule has 0 spiro atoms. The average molecular weight is 1240 g/mol. The molecule has 14 atom stereocenters. The molecular formula is C48H82N16O20S. The minimum Gasteiger partial charge on any atom is -0.481 e. The van der Waals surface area contributed by atoms with Gasteiger partial charge in [0.05, 0.1) is 44.5 Å². The van der Waals surface area contributed by atoms with E-state index < -0.39 is 194 Å². The SMILES string of the molecule is CSCC[C@H](NC(=O)[C@H](CO)NC(=O)[C@H](CCCN=C(N)N)NC(=O)[C@H](CO)NC(=O)[C@H](CCC(=O)O)NC(=O)[C@@H](NC(=O)[C@@H](NC(=O)[C@H](Cc1cnc[nH]1)NC(=O)[C@@H](NC(=O)[C@@H](N)CO)[C@@H](C)O)[C@@H](C)O)[C@@H](C)O)C(=O)N[C@H](C(=O)O)C(C)C. The van der Waals surface area contributed by atoms with E-state index in [1.54, 1.807) is 20.1 Å². The number of rotatable bonds is 40. The number of hydrogen-bond acceptors (Lipinski definition) is 22. The summed E-state index contributed by atoms with van der Waals surface area (Å²) in [4.78, 5) is 169. The van der Waals surface area contributed by atoms with Gasteiger partial charge in [-0.3, -0.25) is 57.7 Å². The summed E-state index contributed by atoms with van der Waals surface area (Å²) in [6.07, 6.45) is -3.41. The number of aromatic amines is 1. The number of carbonyl (C=O) groups is 12. The summed E-state index contributed by atoms with van der Waals surface area (Å²) in [6.45, 7) is 2.99. The summed E-state index contributed by atoms with van der Waals surface area (Å²) in [7, 11) is 0. The lowest BCUT2D eigenvalue weighted by atomic mass is 10.0. The maximum atomic E-state index is 13.8. The summed E-state index contributed by atoms with van der Waals surface area (Å²) < 4.78 is 0. The number of guanidine groups is 1. The number of carboxylic acids is 2. The van der Waals surface area contributed by atoms with E-state index in [-0.39, 0.29) is 43.9 Å². The first-order valence-corrected chi connectivity index (χ1v) is 27.9. The fourth-order valence-electron chi connectivity index (χ4n) is 7.46. The van der Waals surface area contributed by atoms with Crippen LogP contribution >= 0.6 is 11.8 Å². The molecule has 0 bridgehead atoms. The molecule has 0 aromatic carbocycles. The number of H-pyrrole nitrogens is 1. The Bertz CT molecular complexity index is 2430. The fraction of sp³-hybridized carbons (Fsp3) is 0.667. The highest BCUT2D eigenvalue weighted by Crippen LogP contribution is 2.10. The van der Waals surface area contributed by atoms with E-state index in [0.29, 0.717) is 5.75 Å². The average Bonchev–Trinajstić information content (AvgIpc) is 3.97. The molecule has 0 aliphatic heterocycles. The molecular weight excluding hydrogens is 1150 g/mol. The van der Waals surface area contributed by atoms with E-state index in [1.165, 1.54) is 24.3 Å². The van der Waals surface area contributed by atoms with Crippen LogP contribution in [0.15, 0.2) is 17.5 Å². The first-order valence-electron chi connectivity index (χ1n) is 26.5. The van der Waals surface area contributed by atoms with Gasteiger partial charge in [-0.2, -0.15) is 11.8 Å². The van der Waals surface area contributed by atoms with Crippen molar-refractivity contribution in [3.05, 3.63) is 18.2 Å². The smallest absolute Gasteiger partial charge is 0.326 e. The molecule has 25 N–H and O–H groups in total. The molecule has 0 saturated heterocycles. The second-order valence-corrected chi connectivity index (χ2v) is 20.7. The molecule has 1 heterocycles. The third-order valence-corrected chi connectivity index (χ3v) is 12.9. The van der Waals surface area contributed by atoms with Crippen molar-refractivity contribution in [3.8, 4) is 0 Å². The third kappa shape index (κ3) is 26.8. The zero-order valence-electron chi connectivity index (χ0n) is 47.6. The Kier molecular flexibility index (Phi) is 33.8. The molecule has 36 nitrogen and oxygen atoms in total. The lowest BCUT2D eigenvalue weighted by molar-refractivity contribution is -0.143. The molecule has 37 heteroatoms. The summed E-state index contributed by atoms with van der Waals surface area (Å²) in [5, 5.41) is 103. The number of hydrogen-bond donors (Lipinski definition) is 22. The van der Waals surface area contributed by atoms with Gasteiger partial charge in [-0.1, -0.05) is 13.8 Å². The van der Waals surface area contributed by atoms with Crippen LogP contribution in [0.3, 0.4) is 0 Å². The highest BCUT2D eigenvalue weighted by atomic mass is 32.2. The number of aliphatic hydroxyl groups is 6. The number of nitrogens with two attached hydrogens (primary N) is 3. The van der Waals surface area contributed by atoms with Crippen LogP contribution in [-0.4, -0.2) is 251 Å². The number of carbonyl (C=O) groups excluding carboxylic acids is 10. The van der Waals surface area contributed by atoms with Crippen molar-refractivity contribution in [2.45, 2.75) is 158 Å². The number of nitrogens with zero attached hydrogens (tertiary/aromatic N) is 2. The molecule has 0 saturated carbocycles. The van der Waals surface area contributed by atoms with E-state index in [2.05, 4.69) is 68.1 Å². The van der Waals surface area contributed by atoms with Gasteiger partial charge in [0.25, 0.3) is 0 Å². The summed E-state index contributed by atoms with van der Waals surface area (Å²) in [5.41, 5.74) is 16.6. The van der Waals surface area contributed by atoms with E-state index in [1.807, 2.05) is 0 Å². The maximum Gasteiger partial charge on any atom is 0.326 e. The van der Waals surface area contributed by atoms with Gasteiger partial charge in [-0.05, 0) is 64.4 Å². The Labute approximate surface area is 491 Å². The van der Waals surface area contributed by atoms with Crippen molar-refractivity contribution in [2.24, 2.45) is 28.1 Å². The second-order valence-electron chi connectivity index (χ2n) is 19.7. The molecule has 10 amide bonds. The van der Waals surface area contributed by atoms with Crippen LogP contribution in [0.25, 0.3) is 0 Å². The minimum atomic E-state index is -2.07. The van der Waals surface area contributed by atoms with E-state index in [0.717, 1.165) is 20.8 Å². The molecule has 0 aliphatic carbocycles. The number of carboxylic acid groups (broad SMARTS) is 2. The molecule has 1 rings (SSSR count). The number of aliphatic imine (C=N–C) groups is 1. The van der Waals surface area contributed by atoms with E-state index in [4.69, 9.17) is 17.2 Å². The molecule has 0 unspecified atom stereocenters. The van der Waals surface area contributed by atoms with E-state index in [9.17, 15) is 98.4 Å². The Morgan fingerprint density at radius 2 is 0.929 bits per heavy atom. The van der Waals surface area contributed by atoms with Gasteiger partial charge < -0.3 is 116 Å². The van der Waals surface area contributed by atoms with Gasteiger partial charge in [0.2, 0.25) is 59.1 Å². The highest BCUT2D eigenvalue weighted by molar-refractivity contribution is 7.98. The molecule has 0 fully saturated rings. The lowest BCUT2D eigenvalue weighted by Crippen LogP contribution is -2.64. The Morgan fingerprint density at radius 3 is 1.34 bits per heavy atom. The Morgan fingerprint density at radius 1 is 0.541 bits per heavy atom. The molecule has 0 radical (unpaired) electrons. The fourth-order valence-corrected chi connectivity index (χ4v) is 7.93. The third-order valence-electron chi connectivity index (χ3n) is 12.3. The quantitative estimate of drug-likeness (QED) is 0.0165. The lowest BCUT2D eigenvalue weighted by Gasteiger charge is -2.29. The van der Waals surface area contributed by atoms with Crippen LogP contribution in [0.2, 0.25) is 0 Å². The van der Waals surface area contributed by atoms with Gasteiger partial charge in [-0.15, -0.1) is 0 Å². The summed E-state index contributed by atoms with van der Waals surface area (Å²) in [6, 6.07) is -19.1. The first-order chi connectivity index (χ1) is 39.8. The molecule has 480 valence electrons. The number of aliphatic carboxylic acids is 2. The van der Waals surface area contributed by atoms with Crippen molar-refractivity contribution < 1.29 is 98.4 Å². The van der Waals surface area contributed by atoms with Gasteiger partial charge >= 0.3 is 11.9 Å². The molecule has 0 aliphatic rings. The zero-order valence-corrected chi connectivity index (χ0v) is 48.4. The largest absolute Gasteiger partial charge is 0.481 e. The topological polar surface area (TPSA) is 606 Å². The van der Waals surface area contributed by atoms with Gasteiger partial charge in [0, 0.05) is 31.3 Å². The van der Waals surface area contributed by atoms with Crippen molar-refractivity contribution in [1.29, 1.82) is 0 Å². The van der Waals surface area contributed by atoms with Crippen LogP contribution in [0.1, 0.15) is 72.4 Å². The summed E-state index contributed by atoms with van der Waals surface area (Å²) >= 11 is 1.29. The Hall–Kier alpha value is -7.81. The van der Waals surface area contributed by atoms with Crippen LogP contribution in [0, 0.1) is 5.92 Å². The maximum absolute atomic E-state index is 13.8. The van der Waals surface area contributed by atoms with Crippen molar-refractivity contribution >= 4 is 88.7 Å². The standard InChI is InChI=1S/C48H82N16O20S/c1-20(2)33(47(83)84)61-40(76)28(11-13-85-6)56-43(79)31(18-67)59-38(74)26(8-7-12-53-48(50)51)55-42(78)30(17-66)60-39(75)27(9-10-32(71)72)57-44(80)35(22(4)69)64-46(82)36(23(5)70)63-41(77)29(14-24-15-52-19-54-24)58-45(81)34(21(3)68)62-37(73)25(49)16-65/h15,19-23,25-31,33-36,65-70H,7-14,16-18,49H2,1-6H3,(H,52,54)(H,55,78)(H,56,79)(H,57,80)(H,58,81)(H,59,74)(H,60,75)(H,61,76)(H,62,73)(H,63,77)(H,64,82)(H,71,72)(H,83,84)(H4,50,51,53)/t21-,22-,23-,25+,26+,27+,28+,29+,30+,31+,33+,34+,35+,36+/m1/s1. The first kappa shape index (κ1) is 75.2. The molecule has 1 aromatic rings. The molecule has 85 heavy (non-hydrogen) atoms. The highest BCUT2D eigenvalue weighted by Gasteiger charge is 2.39. The normalized spacial score (nSPS) is 16.1. The number of aromatic nitrogens is 2. The monoisotopic (exact) mass is 1230 g/mol. The van der Waals surface area contributed by atoms with Crippen molar-refractivity contribution in [1.82, 2.24) is 63.1 Å². The predicted octanol–water partition coefficient (Wildman–Crippen LogP) is -10.3. The predicted molar refractivity (Wildman–Crippen MR) is 298 cm³/mol. The van der Waals surface area contributed by atoms with Gasteiger partial charge in [0.1, 0.15) is 66.5 Å². The summed E-state index contributed by atoms with van der Waals surface area (Å²) in [5.74, 6) is -15.3. The second kappa shape index (κ2) is 38.2. The van der Waals surface area contributed by atoms with Crippen LogP contribution in [-0.2, 0) is 64.0 Å². The number of aliphatic hydroxyl groups excluding tert-OH is 6. The zero-order chi connectivity index (χ0) is 64.8. The number of imidazole rings is 1.